The summed E-state index contributed by atoms with van der Waals surface area (Å²) in [6.07, 6.45) is 3.47. The first-order valence-corrected chi connectivity index (χ1v) is 10.0. The van der Waals surface area contributed by atoms with E-state index in [1.165, 1.54) is 22.3 Å². The highest BCUT2D eigenvalue weighted by molar-refractivity contribution is 6.15. The van der Waals surface area contributed by atoms with Gasteiger partial charge in [-0.05, 0) is 47.4 Å². The first kappa shape index (κ1) is 17.8. The molecule has 0 aliphatic carbocycles. The van der Waals surface area contributed by atoms with E-state index < -0.39 is 0 Å². The van der Waals surface area contributed by atoms with Crippen LogP contribution in [0.5, 0.6) is 0 Å². The van der Waals surface area contributed by atoms with E-state index in [1.807, 2.05) is 37.4 Å². The molecule has 0 N–H and O–H groups in total. The van der Waals surface area contributed by atoms with Gasteiger partial charge in [-0.25, -0.2) is 0 Å². The molecular formula is C25H22N2O2. The van der Waals surface area contributed by atoms with Crippen molar-refractivity contribution in [3.05, 3.63) is 99.9 Å². The van der Waals surface area contributed by atoms with E-state index in [0.717, 1.165) is 35.4 Å². The predicted molar refractivity (Wildman–Crippen MR) is 112 cm³/mol. The van der Waals surface area contributed by atoms with Crippen LogP contribution in [0, 0.1) is 6.92 Å². The molecule has 1 unspecified atom stereocenters. The summed E-state index contributed by atoms with van der Waals surface area (Å²) in [6.45, 7) is 2.65. The lowest BCUT2D eigenvalue weighted by molar-refractivity contribution is -0.147. The Hall–Kier alpha value is -3.27. The number of cyclic esters (lactones) is 1. The molecule has 0 radical (unpaired) electrons. The average Bonchev–Trinajstić information content (AvgIpc) is 3.04. The Labute approximate surface area is 170 Å². The highest BCUT2D eigenvalue weighted by Gasteiger charge is 2.27. The molecule has 5 rings (SSSR count). The number of esters is 1. The molecule has 2 aliphatic rings. The maximum Gasteiger partial charge on any atom is 0.310 e. The van der Waals surface area contributed by atoms with Gasteiger partial charge in [0.15, 0.2) is 0 Å². The monoisotopic (exact) mass is 382 g/mol. The van der Waals surface area contributed by atoms with Crippen LogP contribution in [0.2, 0.25) is 0 Å². The normalized spacial score (nSPS) is 17.8. The minimum atomic E-state index is -0.145. The molecule has 0 bridgehead atoms. The van der Waals surface area contributed by atoms with Crippen molar-refractivity contribution in [1.82, 2.24) is 4.98 Å². The van der Waals surface area contributed by atoms with Gasteiger partial charge in [-0.1, -0.05) is 36.4 Å². The number of nitrogens with zero attached hydrogens (tertiary/aromatic N) is 2. The van der Waals surface area contributed by atoms with Crippen molar-refractivity contribution in [2.75, 3.05) is 0 Å². The van der Waals surface area contributed by atoms with Crippen molar-refractivity contribution in [3.8, 4) is 0 Å². The van der Waals surface area contributed by atoms with Gasteiger partial charge in [0, 0.05) is 35.9 Å². The number of hydrogen-bond donors (Lipinski definition) is 0. The van der Waals surface area contributed by atoms with Crippen molar-refractivity contribution < 1.29 is 9.53 Å². The Morgan fingerprint density at radius 2 is 1.90 bits per heavy atom. The van der Waals surface area contributed by atoms with E-state index in [1.54, 1.807) is 0 Å². The van der Waals surface area contributed by atoms with Crippen LogP contribution >= 0.6 is 0 Å². The fourth-order valence-electron chi connectivity index (χ4n) is 4.30. The summed E-state index contributed by atoms with van der Waals surface area (Å²) in [5.41, 5.74) is 8.90. The lowest BCUT2D eigenvalue weighted by Crippen LogP contribution is -2.21. The third-order valence-electron chi connectivity index (χ3n) is 5.64. The molecule has 2 aromatic carbocycles. The van der Waals surface area contributed by atoms with Crippen LogP contribution in [0.15, 0.2) is 65.8 Å². The number of carbonyl (C=O) groups excluding carboxylic acids is 1. The SMILES string of the molecule is Cc1cc(C2=NCc3cc4c(cc32)CC(Cc2ccccc2)OC(=O)C4)ccn1. The molecule has 0 amide bonds. The van der Waals surface area contributed by atoms with Gasteiger partial charge in [-0.15, -0.1) is 0 Å². The number of aryl methyl sites for hydroxylation is 1. The molecule has 2 aliphatic heterocycles. The average molecular weight is 382 g/mol. The van der Waals surface area contributed by atoms with Crippen molar-refractivity contribution >= 4 is 11.7 Å². The highest BCUT2D eigenvalue weighted by atomic mass is 16.5. The number of aromatic nitrogens is 1. The van der Waals surface area contributed by atoms with E-state index >= 15 is 0 Å². The Kier molecular flexibility index (Phi) is 4.47. The van der Waals surface area contributed by atoms with Gasteiger partial charge in [-0.2, -0.15) is 0 Å². The van der Waals surface area contributed by atoms with E-state index in [2.05, 4.69) is 35.3 Å². The quantitative estimate of drug-likeness (QED) is 0.644. The molecule has 1 aromatic heterocycles. The molecule has 0 saturated carbocycles. The van der Waals surface area contributed by atoms with E-state index in [4.69, 9.17) is 9.73 Å². The number of carbonyl (C=O) groups is 1. The molecule has 29 heavy (non-hydrogen) atoms. The second-order valence-corrected chi connectivity index (χ2v) is 7.81. The third-order valence-corrected chi connectivity index (χ3v) is 5.64. The number of aliphatic imine (C=N–C) groups is 1. The van der Waals surface area contributed by atoms with Crippen LogP contribution in [0.3, 0.4) is 0 Å². The van der Waals surface area contributed by atoms with Crippen LogP contribution in [0.4, 0.5) is 0 Å². The van der Waals surface area contributed by atoms with E-state index in [9.17, 15) is 4.79 Å². The zero-order valence-electron chi connectivity index (χ0n) is 16.4. The van der Waals surface area contributed by atoms with Gasteiger partial charge < -0.3 is 4.74 Å². The van der Waals surface area contributed by atoms with Crippen LogP contribution < -0.4 is 0 Å². The van der Waals surface area contributed by atoms with E-state index in [0.29, 0.717) is 13.0 Å². The Balaban J connectivity index is 1.49. The maximum absolute atomic E-state index is 12.4. The number of fused-ring (bicyclic) bond motifs is 2. The van der Waals surface area contributed by atoms with Crippen LogP contribution in [-0.4, -0.2) is 22.8 Å². The standard InChI is InChI=1S/C25H22N2O2/c1-16-9-18(7-8-26-16)25-23-13-20-12-22(10-17-5-3-2-4-6-17)29-24(28)14-19(20)11-21(23)15-27-25/h2-9,11,13,22H,10,12,14-15H2,1H3. The van der Waals surface area contributed by atoms with Gasteiger partial charge >= 0.3 is 5.97 Å². The molecule has 144 valence electrons. The minimum Gasteiger partial charge on any atom is -0.461 e. The molecule has 0 spiro atoms. The summed E-state index contributed by atoms with van der Waals surface area (Å²) in [4.78, 5) is 21.5. The number of rotatable bonds is 3. The first-order valence-electron chi connectivity index (χ1n) is 10.0. The predicted octanol–water partition coefficient (Wildman–Crippen LogP) is 3.99. The second kappa shape index (κ2) is 7.28. The van der Waals surface area contributed by atoms with Gasteiger partial charge in [0.05, 0.1) is 18.7 Å². The number of benzene rings is 2. The summed E-state index contributed by atoms with van der Waals surface area (Å²) in [5, 5.41) is 0. The van der Waals surface area contributed by atoms with Crippen molar-refractivity contribution in [2.45, 2.75) is 38.8 Å². The molecule has 1 atom stereocenters. The summed E-state index contributed by atoms with van der Waals surface area (Å²) in [6, 6.07) is 18.7. The first-order chi connectivity index (χ1) is 14.2. The van der Waals surface area contributed by atoms with Crippen LogP contribution in [0.1, 0.15) is 39.1 Å². The smallest absolute Gasteiger partial charge is 0.310 e. The molecule has 0 fully saturated rings. The van der Waals surface area contributed by atoms with Gasteiger partial charge in [0.2, 0.25) is 0 Å². The van der Waals surface area contributed by atoms with Crippen LogP contribution in [-0.2, 0) is 35.3 Å². The maximum atomic E-state index is 12.4. The number of pyridine rings is 1. The number of hydrogen-bond acceptors (Lipinski definition) is 4. The molecule has 4 nitrogen and oxygen atoms in total. The lowest BCUT2D eigenvalue weighted by atomic mass is 9.91. The molecule has 3 aromatic rings. The summed E-state index contributed by atoms with van der Waals surface area (Å²) in [7, 11) is 0. The lowest BCUT2D eigenvalue weighted by Gasteiger charge is -2.16. The molecule has 4 heteroatoms. The third kappa shape index (κ3) is 3.58. The second-order valence-electron chi connectivity index (χ2n) is 7.81. The Bertz CT molecular complexity index is 1120. The van der Waals surface area contributed by atoms with Crippen LogP contribution in [0.25, 0.3) is 0 Å². The van der Waals surface area contributed by atoms with Crippen molar-refractivity contribution in [3.63, 3.8) is 0 Å². The topological polar surface area (TPSA) is 51.5 Å². The Morgan fingerprint density at radius 1 is 1.03 bits per heavy atom. The zero-order chi connectivity index (χ0) is 19.8. The number of ether oxygens (including phenoxy) is 1. The van der Waals surface area contributed by atoms with E-state index in [-0.39, 0.29) is 12.1 Å². The summed E-state index contributed by atoms with van der Waals surface area (Å²) in [5.74, 6) is -0.145. The molecular weight excluding hydrogens is 360 g/mol. The van der Waals surface area contributed by atoms with Gasteiger partial charge in [0.1, 0.15) is 6.10 Å². The van der Waals surface area contributed by atoms with Gasteiger partial charge in [-0.3, -0.25) is 14.8 Å². The highest BCUT2D eigenvalue weighted by Crippen LogP contribution is 2.30. The van der Waals surface area contributed by atoms with Gasteiger partial charge in [0.25, 0.3) is 0 Å². The molecule has 3 heterocycles. The largest absolute Gasteiger partial charge is 0.461 e. The van der Waals surface area contributed by atoms with Crippen molar-refractivity contribution in [1.29, 1.82) is 0 Å². The summed E-state index contributed by atoms with van der Waals surface area (Å²) < 4.78 is 5.78. The zero-order valence-corrected chi connectivity index (χ0v) is 16.4. The Morgan fingerprint density at radius 3 is 2.72 bits per heavy atom. The molecule has 0 saturated heterocycles. The van der Waals surface area contributed by atoms with Crippen molar-refractivity contribution in [2.24, 2.45) is 4.99 Å². The fourth-order valence-corrected chi connectivity index (χ4v) is 4.30. The fraction of sp³-hybridized carbons (Fsp3) is 0.240. The minimum absolute atomic E-state index is 0.144. The summed E-state index contributed by atoms with van der Waals surface area (Å²) >= 11 is 0.